The molecule has 0 aliphatic carbocycles. The quantitative estimate of drug-likeness (QED) is 0.694. The summed E-state index contributed by atoms with van der Waals surface area (Å²) >= 11 is -0.00546. The lowest BCUT2D eigenvalue weighted by atomic mass is 10.4. The van der Waals surface area contributed by atoms with Crippen LogP contribution in [0.4, 0.5) is 3.89 Å². The van der Waals surface area contributed by atoms with Crippen LogP contribution < -0.4 is 5.73 Å². The highest BCUT2D eigenvalue weighted by Crippen LogP contribution is 2.06. The molecule has 1 atom stereocenters. The van der Waals surface area contributed by atoms with Gasteiger partial charge >= 0.3 is 0 Å². The fourth-order valence-corrected chi connectivity index (χ4v) is 0.700. The molecule has 0 aromatic carbocycles. The topological polar surface area (TPSA) is 56.7 Å². The van der Waals surface area contributed by atoms with Gasteiger partial charge in [-0.25, -0.2) is 4.98 Å². The summed E-state index contributed by atoms with van der Waals surface area (Å²) in [5.74, 6) is 0.449. The Kier molecular flexibility index (Phi) is 2.23. The van der Waals surface area contributed by atoms with E-state index < -0.39 is 0 Å². The van der Waals surface area contributed by atoms with Crippen LogP contribution in [0.1, 0.15) is 18.8 Å². The van der Waals surface area contributed by atoms with Gasteiger partial charge in [0.2, 0.25) is 0 Å². The highest BCUT2D eigenvalue weighted by molar-refractivity contribution is 7.92. The molecule has 4 nitrogen and oxygen atoms in total. The molecule has 0 amide bonds. The Labute approximate surface area is 62.0 Å². The summed E-state index contributed by atoms with van der Waals surface area (Å²) in [5, 5.41) is 3.70. The molecule has 1 rings (SSSR count). The van der Waals surface area contributed by atoms with Crippen LogP contribution in [-0.2, 0) is 0 Å². The Morgan fingerprint density at radius 1 is 1.90 bits per heavy atom. The molecule has 0 bridgehead atoms. The number of aromatic nitrogens is 3. The molecular weight excluding hydrogens is 155 g/mol. The van der Waals surface area contributed by atoms with Crippen molar-refractivity contribution in [2.75, 3.05) is 0 Å². The Bertz CT molecular complexity index is 211. The monoisotopic (exact) mass is 162 g/mol. The van der Waals surface area contributed by atoms with Crippen molar-refractivity contribution in [3.05, 3.63) is 12.2 Å². The van der Waals surface area contributed by atoms with Crippen molar-refractivity contribution in [2.24, 2.45) is 5.73 Å². The summed E-state index contributed by atoms with van der Waals surface area (Å²) in [5.41, 5.74) is 5.41. The van der Waals surface area contributed by atoms with Crippen LogP contribution in [0, 0.1) is 0 Å². The summed E-state index contributed by atoms with van der Waals surface area (Å²) in [4.78, 5) is 3.75. The summed E-state index contributed by atoms with van der Waals surface area (Å²) in [6, 6.07) is -0.242. The highest BCUT2D eigenvalue weighted by atomic mass is 32.2. The third kappa shape index (κ3) is 1.45. The largest absolute Gasteiger partial charge is 0.321 e. The van der Waals surface area contributed by atoms with Crippen molar-refractivity contribution in [3.8, 4) is 0 Å². The molecule has 6 heteroatoms. The van der Waals surface area contributed by atoms with E-state index in [2.05, 4.69) is 10.1 Å². The van der Waals surface area contributed by atoms with Gasteiger partial charge in [-0.1, -0.05) is 0 Å². The first-order valence-corrected chi connectivity index (χ1v) is 3.37. The van der Waals surface area contributed by atoms with Gasteiger partial charge in [0.1, 0.15) is 6.33 Å². The SMILES string of the molecule is CC(N)c1ncn(SF)n1. The summed E-state index contributed by atoms with van der Waals surface area (Å²) in [7, 11) is 0. The first-order valence-electron chi connectivity index (χ1n) is 2.70. The number of nitrogens with zero attached hydrogens (tertiary/aromatic N) is 3. The zero-order valence-corrected chi connectivity index (χ0v) is 6.18. The van der Waals surface area contributed by atoms with Gasteiger partial charge < -0.3 is 5.73 Å². The summed E-state index contributed by atoms with van der Waals surface area (Å²) in [6.07, 6.45) is 1.28. The highest BCUT2D eigenvalue weighted by Gasteiger charge is 2.04. The van der Waals surface area contributed by atoms with Gasteiger partial charge in [0.15, 0.2) is 18.2 Å². The van der Waals surface area contributed by atoms with Gasteiger partial charge in [0, 0.05) is 0 Å². The molecule has 0 saturated heterocycles. The first-order chi connectivity index (χ1) is 4.74. The van der Waals surface area contributed by atoms with Gasteiger partial charge in [-0.15, -0.1) is 8.98 Å². The van der Waals surface area contributed by atoms with Crippen molar-refractivity contribution in [3.63, 3.8) is 0 Å². The molecule has 0 aliphatic heterocycles. The fourth-order valence-electron chi connectivity index (χ4n) is 0.503. The first kappa shape index (κ1) is 7.49. The average Bonchev–Trinajstić information content (AvgIpc) is 2.34. The van der Waals surface area contributed by atoms with E-state index >= 15 is 0 Å². The van der Waals surface area contributed by atoms with Crippen LogP contribution in [-0.4, -0.2) is 14.2 Å². The lowest BCUT2D eigenvalue weighted by molar-refractivity contribution is 0.736. The lowest BCUT2D eigenvalue weighted by Crippen LogP contribution is -2.07. The fraction of sp³-hybridized carbons (Fsp3) is 0.500. The van der Waals surface area contributed by atoms with Crippen molar-refractivity contribution in [1.82, 2.24) is 14.2 Å². The average molecular weight is 162 g/mol. The van der Waals surface area contributed by atoms with E-state index in [9.17, 15) is 3.89 Å². The predicted molar refractivity (Wildman–Crippen MR) is 36.7 cm³/mol. The second kappa shape index (κ2) is 2.98. The molecule has 0 radical (unpaired) electrons. The molecule has 0 fully saturated rings. The standard InChI is InChI=1S/C4H7FN4S/c1-3(6)4-7-2-9(8-4)10-5/h2-3H,6H2,1H3. The number of rotatable bonds is 2. The van der Waals surface area contributed by atoms with E-state index in [-0.39, 0.29) is 18.4 Å². The third-order valence-corrected chi connectivity index (χ3v) is 1.29. The summed E-state index contributed by atoms with van der Waals surface area (Å²) in [6.45, 7) is 1.74. The van der Waals surface area contributed by atoms with Crippen molar-refractivity contribution in [1.29, 1.82) is 0 Å². The van der Waals surface area contributed by atoms with E-state index in [0.29, 0.717) is 5.82 Å². The molecule has 1 aromatic rings. The Balaban J connectivity index is 2.78. The molecule has 1 unspecified atom stereocenters. The van der Waals surface area contributed by atoms with E-state index in [1.807, 2.05) is 0 Å². The Hall–Kier alpha value is -0.620. The molecule has 1 heterocycles. The molecule has 2 N–H and O–H groups in total. The van der Waals surface area contributed by atoms with E-state index in [0.717, 1.165) is 4.09 Å². The maximum atomic E-state index is 11.7. The minimum absolute atomic E-state index is 0.00546. The maximum absolute atomic E-state index is 11.7. The van der Waals surface area contributed by atoms with Crippen LogP contribution in [0.2, 0.25) is 0 Å². The van der Waals surface area contributed by atoms with Crippen LogP contribution in [0.3, 0.4) is 0 Å². The second-order valence-electron chi connectivity index (χ2n) is 1.86. The van der Waals surface area contributed by atoms with Crippen molar-refractivity contribution < 1.29 is 3.89 Å². The smallest absolute Gasteiger partial charge is 0.188 e. The molecular formula is C4H7FN4S. The number of halogens is 1. The maximum Gasteiger partial charge on any atom is 0.188 e. The summed E-state index contributed by atoms with van der Waals surface area (Å²) < 4.78 is 12.8. The number of hydrogen-bond acceptors (Lipinski definition) is 4. The minimum atomic E-state index is -0.242. The minimum Gasteiger partial charge on any atom is -0.321 e. The van der Waals surface area contributed by atoms with Crippen molar-refractivity contribution >= 4 is 12.3 Å². The van der Waals surface area contributed by atoms with Gasteiger partial charge in [-0.3, -0.25) is 0 Å². The molecule has 0 aliphatic rings. The second-order valence-corrected chi connectivity index (χ2v) is 2.38. The van der Waals surface area contributed by atoms with Crippen molar-refractivity contribution in [2.45, 2.75) is 13.0 Å². The van der Waals surface area contributed by atoms with E-state index in [1.54, 1.807) is 6.92 Å². The van der Waals surface area contributed by atoms with Gasteiger partial charge in [-0.2, -0.15) is 4.09 Å². The van der Waals surface area contributed by atoms with E-state index in [1.165, 1.54) is 6.33 Å². The molecule has 0 spiro atoms. The van der Waals surface area contributed by atoms with Gasteiger partial charge in [0.05, 0.1) is 6.04 Å². The molecule has 0 saturated carbocycles. The molecule has 10 heavy (non-hydrogen) atoms. The van der Waals surface area contributed by atoms with E-state index in [4.69, 9.17) is 5.73 Å². The number of hydrogen-bond donors (Lipinski definition) is 1. The number of nitrogens with two attached hydrogens (primary N) is 1. The van der Waals surface area contributed by atoms with Gasteiger partial charge in [0.25, 0.3) is 0 Å². The molecule has 1 aromatic heterocycles. The van der Waals surface area contributed by atoms with Crippen LogP contribution >= 0.6 is 12.3 Å². The van der Waals surface area contributed by atoms with Gasteiger partial charge in [-0.05, 0) is 6.92 Å². The van der Waals surface area contributed by atoms with Crippen LogP contribution in [0.5, 0.6) is 0 Å². The predicted octanol–water partition coefficient (Wildman–Crippen LogP) is 0.679. The van der Waals surface area contributed by atoms with Crippen LogP contribution in [0.25, 0.3) is 0 Å². The molecule has 56 valence electrons. The third-order valence-electron chi connectivity index (χ3n) is 0.968. The zero-order valence-electron chi connectivity index (χ0n) is 5.36. The normalized spacial score (nSPS) is 13.5. The Morgan fingerprint density at radius 3 is 2.90 bits per heavy atom. The zero-order chi connectivity index (χ0) is 7.56. The van der Waals surface area contributed by atoms with Crippen LogP contribution in [0.15, 0.2) is 6.33 Å². The Morgan fingerprint density at radius 2 is 2.60 bits per heavy atom. The lowest BCUT2D eigenvalue weighted by Gasteiger charge is -1.94.